The van der Waals surface area contributed by atoms with Crippen molar-refractivity contribution >= 4 is 11.6 Å². The van der Waals surface area contributed by atoms with Gasteiger partial charge in [-0.05, 0) is 71.8 Å². The van der Waals surface area contributed by atoms with Crippen LogP contribution in [-0.2, 0) is 0 Å². The molecule has 4 nitrogen and oxygen atoms in total. The first-order chi connectivity index (χ1) is 16.7. The zero-order valence-electron chi connectivity index (χ0n) is 18.8. The molecule has 0 aliphatic carbocycles. The summed E-state index contributed by atoms with van der Waals surface area (Å²) in [4.78, 5) is 12.8. The van der Waals surface area contributed by atoms with Crippen LogP contribution in [0.4, 0.5) is 5.69 Å². The van der Waals surface area contributed by atoms with Crippen molar-refractivity contribution < 1.29 is 9.53 Å². The summed E-state index contributed by atoms with van der Waals surface area (Å²) in [6.45, 7) is 0. The van der Waals surface area contributed by atoms with E-state index >= 15 is 0 Å². The molecule has 0 fully saturated rings. The van der Waals surface area contributed by atoms with Crippen LogP contribution in [0.15, 0.2) is 121 Å². The van der Waals surface area contributed by atoms with E-state index < -0.39 is 0 Å². The average Bonchev–Trinajstić information content (AvgIpc) is 3.35. The van der Waals surface area contributed by atoms with Crippen molar-refractivity contribution in [2.45, 2.75) is 0 Å². The van der Waals surface area contributed by atoms with Crippen LogP contribution in [0.3, 0.4) is 0 Å². The van der Waals surface area contributed by atoms with Crippen LogP contribution in [0.25, 0.3) is 28.2 Å². The van der Waals surface area contributed by atoms with Crippen LogP contribution >= 0.6 is 0 Å². The fourth-order valence-electron chi connectivity index (χ4n) is 4.02. The first-order valence-corrected chi connectivity index (χ1v) is 11.1. The Hall–Kier alpha value is -4.57. The number of nitrogens with one attached hydrogen (secondary N) is 1. The van der Waals surface area contributed by atoms with Gasteiger partial charge in [0.1, 0.15) is 5.75 Å². The summed E-state index contributed by atoms with van der Waals surface area (Å²) >= 11 is 0. The second-order valence-corrected chi connectivity index (χ2v) is 7.90. The van der Waals surface area contributed by atoms with Gasteiger partial charge in [-0.3, -0.25) is 4.79 Å². The molecule has 0 aliphatic heterocycles. The zero-order chi connectivity index (χ0) is 23.3. The van der Waals surface area contributed by atoms with Crippen LogP contribution in [0.1, 0.15) is 10.4 Å². The molecule has 0 bridgehead atoms. The Kier molecular flexibility index (Phi) is 5.95. The van der Waals surface area contributed by atoms with E-state index in [9.17, 15) is 4.79 Å². The SMILES string of the molecule is COc1ccc(NC(=O)c2ccc(-n3c(-c4ccccc4)ccc3-c3ccccc3)cc2)cc1. The Balaban J connectivity index is 1.48. The maximum Gasteiger partial charge on any atom is 0.255 e. The lowest BCUT2D eigenvalue weighted by Crippen LogP contribution is -2.12. The molecular formula is C30H24N2O2. The Labute approximate surface area is 199 Å². The highest BCUT2D eigenvalue weighted by molar-refractivity contribution is 6.04. The van der Waals surface area contributed by atoms with Gasteiger partial charge in [-0.2, -0.15) is 0 Å². The first kappa shape index (κ1) is 21.3. The van der Waals surface area contributed by atoms with Gasteiger partial charge in [0.15, 0.2) is 0 Å². The van der Waals surface area contributed by atoms with Gasteiger partial charge in [-0.1, -0.05) is 60.7 Å². The number of methoxy groups -OCH3 is 1. The number of hydrogen-bond donors (Lipinski definition) is 1. The van der Waals surface area contributed by atoms with Crippen molar-refractivity contribution in [3.8, 4) is 34.0 Å². The van der Waals surface area contributed by atoms with E-state index in [1.165, 1.54) is 0 Å². The van der Waals surface area contributed by atoms with E-state index in [4.69, 9.17) is 4.74 Å². The lowest BCUT2D eigenvalue weighted by molar-refractivity contribution is 0.102. The van der Waals surface area contributed by atoms with Crippen LogP contribution in [0.2, 0.25) is 0 Å². The standard InChI is InChI=1S/C30H24N2O2/c1-34-27-18-14-25(15-19-27)31-30(33)24-12-16-26(17-13-24)32-28(22-8-4-2-5-9-22)20-21-29(32)23-10-6-3-7-11-23/h2-21H,1H3,(H,31,33). The van der Waals surface area contributed by atoms with E-state index in [-0.39, 0.29) is 5.91 Å². The molecule has 5 aromatic rings. The number of aromatic nitrogens is 1. The molecule has 0 saturated carbocycles. The summed E-state index contributed by atoms with van der Waals surface area (Å²) in [5, 5.41) is 2.94. The predicted octanol–water partition coefficient (Wildman–Crippen LogP) is 7.07. The summed E-state index contributed by atoms with van der Waals surface area (Å²) in [5.41, 5.74) is 6.75. The Morgan fingerprint density at radius 1 is 0.647 bits per heavy atom. The number of nitrogens with zero attached hydrogens (tertiary/aromatic N) is 1. The summed E-state index contributed by atoms with van der Waals surface area (Å²) < 4.78 is 7.41. The molecule has 0 saturated heterocycles. The molecule has 0 spiro atoms. The number of benzene rings is 4. The van der Waals surface area contributed by atoms with Gasteiger partial charge in [-0.25, -0.2) is 0 Å². The zero-order valence-corrected chi connectivity index (χ0v) is 18.8. The van der Waals surface area contributed by atoms with Gasteiger partial charge in [0.25, 0.3) is 5.91 Å². The number of hydrogen-bond acceptors (Lipinski definition) is 2. The first-order valence-electron chi connectivity index (χ1n) is 11.1. The van der Waals surface area contributed by atoms with Crippen LogP contribution in [-0.4, -0.2) is 17.6 Å². The van der Waals surface area contributed by atoms with Crippen molar-refractivity contribution in [1.29, 1.82) is 0 Å². The normalized spacial score (nSPS) is 10.6. The average molecular weight is 445 g/mol. The van der Waals surface area contributed by atoms with E-state index in [1.54, 1.807) is 7.11 Å². The molecule has 1 aromatic heterocycles. The topological polar surface area (TPSA) is 43.3 Å². The molecule has 1 amide bonds. The molecule has 0 aliphatic rings. The largest absolute Gasteiger partial charge is 0.497 e. The summed E-state index contributed by atoms with van der Waals surface area (Å²) in [6.07, 6.45) is 0. The highest BCUT2D eigenvalue weighted by Gasteiger charge is 2.14. The van der Waals surface area contributed by atoms with Crippen LogP contribution < -0.4 is 10.1 Å². The third-order valence-corrected chi connectivity index (χ3v) is 5.76. The molecular weight excluding hydrogens is 420 g/mol. The van der Waals surface area contributed by atoms with Crippen molar-refractivity contribution in [3.63, 3.8) is 0 Å². The van der Waals surface area contributed by atoms with Crippen LogP contribution in [0.5, 0.6) is 5.75 Å². The predicted molar refractivity (Wildman–Crippen MR) is 138 cm³/mol. The highest BCUT2D eigenvalue weighted by Crippen LogP contribution is 2.32. The quantitative estimate of drug-likeness (QED) is 0.304. The second kappa shape index (κ2) is 9.51. The van der Waals surface area contributed by atoms with Crippen LogP contribution in [0, 0.1) is 0 Å². The van der Waals surface area contributed by atoms with Gasteiger partial charge in [0, 0.05) is 16.9 Å². The Morgan fingerprint density at radius 3 is 1.68 bits per heavy atom. The maximum absolute atomic E-state index is 12.8. The van der Waals surface area contributed by atoms with E-state index in [2.05, 4.69) is 46.3 Å². The molecule has 0 atom stereocenters. The monoisotopic (exact) mass is 444 g/mol. The number of anilines is 1. The number of rotatable bonds is 6. The number of amides is 1. The molecule has 4 heteroatoms. The molecule has 1 N–H and O–H groups in total. The highest BCUT2D eigenvalue weighted by atomic mass is 16.5. The van der Waals surface area contributed by atoms with Gasteiger partial charge in [0.2, 0.25) is 0 Å². The minimum Gasteiger partial charge on any atom is -0.497 e. The molecule has 5 rings (SSSR count). The number of carbonyl (C=O) groups is 1. The van der Waals surface area contributed by atoms with Crippen molar-refractivity contribution in [2.75, 3.05) is 12.4 Å². The molecule has 0 radical (unpaired) electrons. The molecule has 0 unspecified atom stereocenters. The number of ether oxygens (including phenoxy) is 1. The van der Waals surface area contributed by atoms with Gasteiger partial charge in [-0.15, -0.1) is 0 Å². The summed E-state index contributed by atoms with van der Waals surface area (Å²) in [5.74, 6) is 0.591. The second-order valence-electron chi connectivity index (χ2n) is 7.90. The summed E-state index contributed by atoms with van der Waals surface area (Å²) in [7, 11) is 1.62. The number of carbonyl (C=O) groups excluding carboxylic acids is 1. The van der Waals surface area contributed by atoms with Gasteiger partial charge < -0.3 is 14.6 Å². The van der Waals surface area contributed by atoms with Gasteiger partial charge >= 0.3 is 0 Å². The van der Waals surface area contributed by atoms with E-state index in [0.717, 1.165) is 39.6 Å². The molecule has 34 heavy (non-hydrogen) atoms. The smallest absolute Gasteiger partial charge is 0.255 e. The Morgan fingerprint density at radius 2 is 1.18 bits per heavy atom. The minimum atomic E-state index is -0.157. The van der Waals surface area contributed by atoms with Gasteiger partial charge in [0.05, 0.1) is 18.5 Å². The maximum atomic E-state index is 12.8. The van der Waals surface area contributed by atoms with Crippen molar-refractivity contribution in [1.82, 2.24) is 4.57 Å². The Bertz CT molecular complexity index is 1330. The third-order valence-electron chi connectivity index (χ3n) is 5.76. The fourth-order valence-corrected chi connectivity index (χ4v) is 4.02. The fraction of sp³-hybridized carbons (Fsp3) is 0.0333. The third kappa shape index (κ3) is 4.34. The lowest BCUT2D eigenvalue weighted by atomic mass is 10.1. The lowest BCUT2D eigenvalue weighted by Gasteiger charge is -2.15. The summed E-state index contributed by atoms with van der Waals surface area (Å²) in [6, 6.07) is 39.9. The molecule has 166 valence electrons. The van der Waals surface area contributed by atoms with Crippen molar-refractivity contribution in [3.05, 3.63) is 127 Å². The van der Waals surface area contributed by atoms with Crippen molar-refractivity contribution in [2.24, 2.45) is 0 Å². The minimum absolute atomic E-state index is 0.157. The molecule has 1 heterocycles. The molecule has 4 aromatic carbocycles. The van der Waals surface area contributed by atoms with E-state index in [1.807, 2.05) is 84.9 Å². The van der Waals surface area contributed by atoms with E-state index in [0.29, 0.717) is 5.56 Å².